The molecule has 1 aromatic rings. The predicted molar refractivity (Wildman–Crippen MR) is 62.6 cm³/mol. The molecule has 0 fully saturated rings. The van der Waals surface area contributed by atoms with E-state index in [1.54, 1.807) is 6.92 Å². The lowest BCUT2D eigenvalue weighted by Gasteiger charge is -2.06. The number of hydrogen-bond donors (Lipinski definition) is 1. The lowest BCUT2D eigenvalue weighted by molar-refractivity contribution is -0.115. The number of carbonyl (C=O) groups is 1. The highest BCUT2D eigenvalue weighted by molar-refractivity contribution is 7.90. The van der Waals surface area contributed by atoms with Gasteiger partial charge in [-0.3, -0.25) is 9.78 Å². The summed E-state index contributed by atoms with van der Waals surface area (Å²) in [5, 5.41) is 2.47. The summed E-state index contributed by atoms with van der Waals surface area (Å²) >= 11 is 0. The molecule has 0 saturated carbocycles. The average Bonchev–Trinajstić information content (AvgIpc) is 2.26. The molecular weight excluding hydrogens is 240 g/mol. The standard InChI is InChI=1S/C11H12N2O3S/c1-3-5-11(14)13-8-9-10(17(2,15)16)6-4-7-12-9/h4,6-7H,8H2,1-2H3,(H,13,14). The van der Waals surface area contributed by atoms with E-state index in [0.29, 0.717) is 5.69 Å². The van der Waals surface area contributed by atoms with Gasteiger partial charge in [-0.1, -0.05) is 5.92 Å². The molecule has 0 radical (unpaired) electrons. The molecular formula is C11H12N2O3S. The normalized spacial score (nSPS) is 10.2. The third-order valence-corrected chi connectivity index (χ3v) is 3.07. The second kappa shape index (κ2) is 5.46. The number of rotatable bonds is 3. The molecule has 90 valence electrons. The zero-order valence-electron chi connectivity index (χ0n) is 9.52. The molecule has 0 spiro atoms. The van der Waals surface area contributed by atoms with Crippen LogP contribution in [-0.4, -0.2) is 25.6 Å². The number of sulfone groups is 1. The highest BCUT2D eigenvalue weighted by Gasteiger charge is 2.13. The number of aromatic nitrogens is 1. The fraction of sp³-hybridized carbons (Fsp3) is 0.273. The van der Waals surface area contributed by atoms with Crippen molar-refractivity contribution in [3.05, 3.63) is 24.0 Å². The summed E-state index contributed by atoms with van der Waals surface area (Å²) in [5.74, 6) is 4.28. The Bertz CT molecular complexity index is 582. The highest BCUT2D eigenvalue weighted by atomic mass is 32.2. The van der Waals surface area contributed by atoms with Crippen molar-refractivity contribution >= 4 is 15.7 Å². The largest absolute Gasteiger partial charge is 0.340 e. The Labute approximate surface area is 100 Å². The Kier molecular flexibility index (Phi) is 4.24. The summed E-state index contributed by atoms with van der Waals surface area (Å²) in [6, 6.07) is 2.99. The number of amides is 1. The maximum absolute atomic E-state index is 11.4. The van der Waals surface area contributed by atoms with E-state index in [0.717, 1.165) is 6.26 Å². The highest BCUT2D eigenvalue weighted by Crippen LogP contribution is 2.12. The minimum atomic E-state index is -3.34. The van der Waals surface area contributed by atoms with Gasteiger partial charge in [-0.15, -0.1) is 0 Å². The van der Waals surface area contributed by atoms with Crippen molar-refractivity contribution < 1.29 is 13.2 Å². The quantitative estimate of drug-likeness (QED) is 0.775. The van der Waals surface area contributed by atoms with Crippen LogP contribution in [0.5, 0.6) is 0 Å². The Balaban J connectivity index is 2.92. The first-order valence-electron chi connectivity index (χ1n) is 4.79. The smallest absolute Gasteiger partial charge is 0.296 e. The second-order valence-electron chi connectivity index (χ2n) is 3.28. The van der Waals surface area contributed by atoms with Gasteiger partial charge < -0.3 is 5.32 Å². The zero-order chi connectivity index (χ0) is 12.9. The minimum absolute atomic E-state index is 0.0384. The van der Waals surface area contributed by atoms with Crippen LogP contribution in [0.15, 0.2) is 23.2 Å². The molecule has 1 amide bonds. The van der Waals surface area contributed by atoms with Gasteiger partial charge in [0.1, 0.15) is 0 Å². The molecule has 1 rings (SSSR count). The van der Waals surface area contributed by atoms with Crippen molar-refractivity contribution in [3.63, 3.8) is 0 Å². The second-order valence-corrected chi connectivity index (χ2v) is 5.26. The molecule has 0 aliphatic carbocycles. The zero-order valence-corrected chi connectivity index (χ0v) is 10.3. The van der Waals surface area contributed by atoms with Crippen molar-refractivity contribution in [1.29, 1.82) is 0 Å². The number of hydrogen-bond acceptors (Lipinski definition) is 4. The average molecular weight is 252 g/mol. The van der Waals surface area contributed by atoms with E-state index in [-0.39, 0.29) is 11.4 Å². The van der Waals surface area contributed by atoms with Crippen molar-refractivity contribution in [2.24, 2.45) is 0 Å². The first-order chi connectivity index (χ1) is 7.95. The van der Waals surface area contributed by atoms with Crippen molar-refractivity contribution in [3.8, 4) is 11.8 Å². The van der Waals surface area contributed by atoms with Gasteiger partial charge in [-0.25, -0.2) is 8.42 Å². The van der Waals surface area contributed by atoms with Crippen LogP contribution in [0.4, 0.5) is 0 Å². The Morgan fingerprint density at radius 2 is 2.24 bits per heavy atom. The van der Waals surface area contributed by atoms with E-state index in [1.165, 1.54) is 18.3 Å². The summed E-state index contributed by atoms with van der Waals surface area (Å²) in [6.07, 6.45) is 2.57. The van der Waals surface area contributed by atoms with Crippen LogP contribution in [0, 0.1) is 11.8 Å². The van der Waals surface area contributed by atoms with Crippen LogP contribution in [0.25, 0.3) is 0 Å². The molecule has 6 heteroatoms. The van der Waals surface area contributed by atoms with E-state index in [9.17, 15) is 13.2 Å². The molecule has 1 heterocycles. The molecule has 0 saturated heterocycles. The summed E-state index contributed by atoms with van der Waals surface area (Å²) < 4.78 is 22.9. The molecule has 0 aromatic carbocycles. The monoisotopic (exact) mass is 252 g/mol. The maximum atomic E-state index is 11.4. The van der Waals surface area contributed by atoms with Gasteiger partial charge in [0.05, 0.1) is 17.1 Å². The fourth-order valence-electron chi connectivity index (χ4n) is 1.22. The maximum Gasteiger partial charge on any atom is 0.296 e. The molecule has 0 atom stereocenters. The summed E-state index contributed by atoms with van der Waals surface area (Å²) in [6.45, 7) is 1.58. The fourth-order valence-corrected chi connectivity index (χ4v) is 2.09. The van der Waals surface area contributed by atoms with Gasteiger partial charge in [0, 0.05) is 12.5 Å². The van der Waals surface area contributed by atoms with Crippen LogP contribution in [-0.2, 0) is 21.2 Å². The summed E-state index contributed by atoms with van der Waals surface area (Å²) in [5.41, 5.74) is 0.307. The van der Waals surface area contributed by atoms with Crippen LogP contribution >= 0.6 is 0 Å². The molecule has 17 heavy (non-hydrogen) atoms. The molecule has 0 aliphatic heterocycles. The van der Waals surface area contributed by atoms with Gasteiger partial charge in [-0.05, 0) is 25.0 Å². The molecule has 5 nitrogen and oxygen atoms in total. The van der Waals surface area contributed by atoms with E-state index >= 15 is 0 Å². The van der Waals surface area contributed by atoms with Crippen molar-refractivity contribution in [1.82, 2.24) is 10.3 Å². The summed E-state index contributed by atoms with van der Waals surface area (Å²) in [7, 11) is -3.34. The Morgan fingerprint density at radius 3 is 2.82 bits per heavy atom. The van der Waals surface area contributed by atoms with Gasteiger partial charge in [0.2, 0.25) is 0 Å². The van der Waals surface area contributed by atoms with E-state index in [2.05, 4.69) is 22.1 Å². The summed E-state index contributed by atoms with van der Waals surface area (Å²) in [4.78, 5) is 15.2. The van der Waals surface area contributed by atoms with Crippen LogP contribution in [0.2, 0.25) is 0 Å². The minimum Gasteiger partial charge on any atom is -0.340 e. The lowest BCUT2D eigenvalue weighted by atomic mass is 10.3. The van der Waals surface area contributed by atoms with Crippen molar-refractivity contribution in [2.75, 3.05) is 6.26 Å². The van der Waals surface area contributed by atoms with E-state index in [1.807, 2.05) is 0 Å². The van der Waals surface area contributed by atoms with Gasteiger partial charge >= 0.3 is 0 Å². The molecule has 0 unspecified atom stereocenters. The first-order valence-corrected chi connectivity index (χ1v) is 6.69. The molecule has 0 bridgehead atoms. The van der Waals surface area contributed by atoms with Crippen molar-refractivity contribution in [2.45, 2.75) is 18.4 Å². The molecule has 1 N–H and O–H groups in total. The Hall–Kier alpha value is -1.87. The van der Waals surface area contributed by atoms with E-state index < -0.39 is 15.7 Å². The van der Waals surface area contributed by atoms with Gasteiger partial charge in [0.25, 0.3) is 5.91 Å². The SMILES string of the molecule is CC#CC(=O)NCc1ncccc1S(C)(=O)=O. The predicted octanol–water partition coefficient (Wildman–Crippen LogP) is 0.125. The van der Waals surface area contributed by atoms with Gasteiger partial charge in [0.15, 0.2) is 9.84 Å². The molecule has 0 aliphatic rings. The topological polar surface area (TPSA) is 76.1 Å². The number of carbonyl (C=O) groups excluding carboxylic acids is 1. The third-order valence-electron chi connectivity index (χ3n) is 1.90. The molecule has 1 aromatic heterocycles. The lowest BCUT2D eigenvalue weighted by Crippen LogP contribution is -2.22. The Morgan fingerprint density at radius 1 is 1.53 bits per heavy atom. The third kappa shape index (κ3) is 3.89. The number of nitrogens with zero attached hydrogens (tertiary/aromatic N) is 1. The first kappa shape index (κ1) is 13.2. The van der Waals surface area contributed by atoms with Crippen LogP contribution in [0.1, 0.15) is 12.6 Å². The van der Waals surface area contributed by atoms with Crippen LogP contribution in [0.3, 0.4) is 0 Å². The van der Waals surface area contributed by atoms with Gasteiger partial charge in [-0.2, -0.15) is 0 Å². The van der Waals surface area contributed by atoms with Crippen LogP contribution < -0.4 is 5.32 Å². The van der Waals surface area contributed by atoms with E-state index in [4.69, 9.17) is 0 Å². The number of nitrogens with one attached hydrogen (secondary N) is 1. The number of pyridine rings is 1.